The van der Waals surface area contributed by atoms with Gasteiger partial charge in [0, 0.05) is 118 Å². The van der Waals surface area contributed by atoms with E-state index in [1.165, 1.54) is 6.92 Å². The third-order valence-corrected chi connectivity index (χ3v) is 12.2. The number of amides is 1. The van der Waals surface area contributed by atoms with Crippen LogP contribution in [-0.4, -0.2) is 91.5 Å². The van der Waals surface area contributed by atoms with Crippen LogP contribution in [0.2, 0.25) is 0 Å². The second kappa shape index (κ2) is 15.3. The van der Waals surface area contributed by atoms with Crippen molar-refractivity contribution in [2.24, 2.45) is 22.7 Å². The molecule has 3 aliphatic carbocycles. The molecule has 2 aromatic carbocycles. The molecule has 0 aromatic heterocycles. The van der Waals surface area contributed by atoms with Gasteiger partial charge in [-0.1, -0.05) is 69.3 Å². The molecule has 3 fully saturated rings. The van der Waals surface area contributed by atoms with Crippen molar-refractivity contribution in [1.82, 2.24) is 5.32 Å². The summed E-state index contributed by atoms with van der Waals surface area (Å²) in [4.78, 5) is 41.2. The number of ketones is 1. The number of hydrogen-bond acceptors (Lipinski definition) is 10. The second-order valence-electron chi connectivity index (χ2n) is 14.8. The first-order chi connectivity index (χ1) is 22.5. The molecule has 4 aliphatic rings. The van der Waals surface area contributed by atoms with Gasteiger partial charge in [0.05, 0.1) is 35.9 Å². The van der Waals surface area contributed by atoms with Crippen molar-refractivity contribution in [3.63, 3.8) is 0 Å². The molecule has 6 rings (SSSR count). The molecule has 2 aromatic rings. The molecule has 6 N–H and O–H groups in total. The molecule has 1 unspecified atom stereocenters. The van der Waals surface area contributed by atoms with Crippen LogP contribution >= 0.6 is 0 Å². The Morgan fingerprint density at radius 3 is 2.12 bits per heavy atom. The Hall–Kier alpha value is -0.567. The predicted molar refractivity (Wildman–Crippen MR) is 172 cm³/mol. The van der Waals surface area contributed by atoms with Gasteiger partial charge >= 0.3 is 5.97 Å². The van der Waals surface area contributed by atoms with Crippen molar-refractivity contribution in [3.05, 3.63) is 82.9 Å². The fraction of sp³-hybridized carbons (Fsp3) is 0.541. The quantitative estimate of drug-likeness (QED) is 0.185. The maximum absolute atomic E-state index is 14.3. The van der Waals surface area contributed by atoms with Crippen molar-refractivity contribution in [2.45, 2.75) is 95.2 Å². The summed E-state index contributed by atoms with van der Waals surface area (Å²) in [6.07, 6.45) is -7.06. The van der Waals surface area contributed by atoms with Gasteiger partial charge in [-0.05, 0) is 48.6 Å². The molecule has 1 saturated heterocycles. The minimum absolute atomic E-state index is 0. The third-order valence-electron chi connectivity index (χ3n) is 12.2. The average Bonchev–Trinajstić information content (AvgIpc) is 3.06. The molecule has 11 nitrogen and oxygen atoms in total. The Bertz CT molecular complexity index is 1640. The SMILES string of the molecule is CC1=C2[C@@H](O)C(=O)[C@@]3(C)C([C@H](C)[C@](O)(C[C@@H]1OC(=O)[C@H](O)[C@@H](NC(=O)c1ccccc1)c1ccccc1)C2(C)C)[C@]1(O)CO[C@@H]1C[C@@H]3O.[Ac].[Ac]. The molecule has 1 heterocycles. The fourth-order valence-electron chi connectivity index (χ4n) is 9.28. The van der Waals surface area contributed by atoms with E-state index in [9.17, 15) is 39.9 Å². The standard InChI is InChI=1S/C37H45NO10.2Ac/c1-19-23(48-33(44)29(41)27(21-12-8-6-9-13-21)38-32(43)22-14-10-7-11-15-22)17-37(46)20(2)30-35(5,24(39)16-25-36(30,45)18-47-25)31(42)28(40)26(19)34(37,3)4;;/h6-15,20,23-25,27-30,39-41,45-46H,16-18H2,1-5H3,(H,38,43);;/t20-,23-,24-,25+,27-,28+,29+,30?,35+,36-,37+;;/m0../s1. The summed E-state index contributed by atoms with van der Waals surface area (Å²) in [5, 5.41) is 62.0. The van der Waals surface area contributed by atoms with E-state index in [-0.39, 0.29) is 113 Å². The van der Waals surface area contributed by atoms with Crippen LogP contribution in [-0.2, 0) is 19.1 Å². The van der Waals surface area contributed by atoms with E-state index in [0.29, 0.717) is 16.7 Å². The van der Waals surface area contributed by atoms with Gasteiger partial charge in [-0.3, -0.25) is 9.59 Å². The molecule has 1 amide bonds. The van der Waals surface area contributed by atoms with E-state index in [0.717, 1.165) is 0 Å². The van der Waals surface area contributed by atoms with Crippen LogP contribution in [0.4, 0.5) is 0 Å². The van der Waals surface area contributed by atoms with Gasteiger partial charge in [-0.2, -0.15) is 0 Å². The van der Waals surface area contributed by atoms with Crippen molar-refractivity contribution >= 4 is 17.7 Å². The number of rotatable bonds is 6. The Labute approximate surface area is 363 Å². The zero-order valence-corrected chi connectivity index (χ0v) is 38.4. The summed E-state index contributed by atoms with van der Waals surface area (Å²) in [5.74, 6) is -4.18. The van der Waals surface area contributed by atoms with Crippen LogP contribution in [0.25, 0.3) is 0 Å². The molecular formula is C37H45Ac2NO10. The first kappa shape index (κ1) is 42.2. The Morgan fingerprint density at radius 1 is 0.980 bits per heavy atom. The number of carbonyl (C=O) groups excluding carboxylic acids is 3. The van der Waals surface area contributed by atoms with Crippen molar-refractivity contribution in [3.8, 4) is 0 Å². The largest absolute Gasteiger partial charge is 0.456 e. The van der Waals surface area contributed by atoms with Gasteiger partial charge < -0.3 is 40.3 Å². The number of aliphatic hydroxyl groups excluding tert-OH is 3. The van der Waals surface area contributed by atoms with Crippen LogP contribution < -0.4 is 5.32 Å². The number of esters is 1. The van der Waals surface area contributed by atoms with Crippen LogP contribution in [0.15, 0.2) is 71.8 Å². The maximum Gasteiger partial charge on any atom is 0.338 e. The monoisotopic (exact) mass is 1120 g/mol. The molecule has 2 bridgehead atoms. The van der Waals surface area contributed by atoms with Gasteiger partial charge in [-0.15, -0.1) is 0 Å². The van der Waals surface area contributed by atoms with Crippen molar-refractivity contribution in [1.29, 1.82) is 0 Å². The minimum atomic E-state index is -1.87. The summed E-state index contributed by atoms with van der Waals surface area (Å²) >= 11 is 0. The number of ether oxygens (including phenoxy) is 2. The number of nitrogens with one attached hydrogen (secondary N) is 1. The summed E-state index contributed by atoms with van der Waals surface area (Å²) < 4.78 is 11.5. The van der Waals surface area contributed by atoms with Crippen LogP contribution in [0.3, 0.4) is 0 Å². The van der Waals surface area contributed by atoms with Gasteiger partial charge in [0.1, 0.15) is 17.8 Å². The fourth-order valence-corrected chi connectivity index (χ4v) is 9.28. The summed E-state index contributed by atoms with van der Waals surface area (Å²) in [7, 11) is 0. The Balaban J connectivity index is 0.00000281. The predicted octanol–water partition coefficient (Wildman–Crippen LogP) is 2.00. The van der Waals surface area contributed by atoms with E-state index >= 15 is 0 Å². The maximum atomic E-state index is 14.3. The zero-order chi connectivity index (χ0) is 35.0. The third kappa shape index (κ3) is 6.50. The van der Waals surface area contributed by atoms with Gasteiger partial charge in [0.2, 0.25) is 0 Å². The van der Waals surface area contributed by atoms with E-state index in [1.54, 1.807) is 88.4 Å². The molecular weight excluding hydrogens is 1070 g/mol. The average molecular weight is 1120 g/mol. The van der Waals surface area contributed by atoms with Crippen LogP contribution in [0, 0.1) is 111 Å². The first-order valence-corrected chi connectivity index (χ1v) is 16.5. The Kier molecular flexibility index (Phi) is 12.9. The molecule has 50 heavy (non-hydrogen) atoms. The number of carbonyl (C=O) groups is 3. The minimum Gasteiger partial charge on any atom is -0.456 e. The van der Waals surface area contributed by atoms with Crippen molar-refractivity contribution < 1.29 is 138 Å². The number of Topliss-reactive ketones (excluding diaryl/α,β-unsaturated/α-hetero) is 1. The van der Waals surface area contributed by atoms with Gasteiger partial charge in [-0.25, -0.2) is 4.79 Å². The summed E-state index contributed by atoms with van der Waals surface area (Å²) in [6.45, 7) is 8.16. The molecule has 264 valence electrons. The zero-order valence-electron chi connectivity index (χ0n) is 28.9. The molecule has 0 spiro atoms. The summed E-state index contributed by atoms with van der Waals surface area (Å²) in [6, 6.07) is 15.6. The first-order valence-electron chi connectivity index (χ1n) is 16.5. The van der Waals surface area contributed by atoms with E-state index in [2.05, 4.69) is 5.32 Å². The topological polar surface area (TPSA) is 183 Å². The van der Waals surface area contributed by atoms with E-state index < -0.39 is 88.1 Å². The molecule has 13 heteroatoms. The molecule has 11 atom stereocenters. The van der Waals surface area contributed by atoms with E-state index in [4.69, 9.17) is 9.47 Å². The van der Waals surface area contributed by atoms with Crippen molar-refractivity contribution in [2.75, 3.05) is 6.61 Å². The summed E-state index contributed by atoms with van der Waals surface area (Å²) in [5.41, 5.74) is -4.94. The second-order valence-corrected chi connectivity index (χ2v) is 14.8. The van der Waals surface area contributed by atoms with Crippen LogP contribution in [0.5, 0.6) is 0 Å². The number of hydrogen-bond donors (Lipinski definition) is 6. The number of aliphatic hydroxyl groups is 5. The molecule has 2 saturated carbocycles. The smallest absolute Gasteiger partial charge is 0.338 e. The van der Waals surface area contributed by atoms with Gasteiger partial charge in [0.25, 0.3) is 5.91 Å². The van der Waals surface area contributed by atoms with Crippen LogP contribution in [0.1, 0.15) is 69.4 Å². The molecule has 2 radical (unpaired) electrons. The van der Waals surface area contributed by atoms with Gasteiger partial charge in [0.15, 0.2) is 11.9 Å². The molecule has 1 aliphatic heterocycles. The van der Waals surface area contributed by atoms with E-state index in [1.807, 2.05) is 0 Å². The number of benzene rings is 2. The number of fused-ring (bicyclic) bond motifs is 5. The normalized spacial score (nSPS) is 36.7. The Morgan fingerprint density at radius 2 is 1.56 bits per heavy atom.